The van der Waals surface area contributed by atoms with Crippen LogP contribution in [-0.2, 0) is 4.79 Å². The Labute approximate surface area is 83.4 Å². The molecular weight excluding hydrogens is 214 g/mol. The Morgan fingerprint density at radius 3 is 2.60 bits per heavy atom. The van der Waals surface area contributed by atoms with Crippen molar-refractivity contribution < 1.29 is 23.8 Å². The van der Waals surface area contributed by atoms with E-state index in [4.69, 9.17) is 5.11 Å². The first kappa shape index (κ1) is 11.8. The molecule has 0 aliphatic carbocycles. The lowest BCUT2D eigenvalue weighted by molar-refractivity contribution is -0.220. The van der Waals surface area contributed by atoms with Gasteiger partial charge in [-0.1, -0.05) is 0 Å². The molecule has 2 N–H and O–H groups in total. The van der Waals surface area contributed by atoms with Crippen LogP contribution in [0, 0.1) is 4.91 Å². The van der Waals surface area contributed by atoms with Crippen molar-refractivity contribution in [2.75, 3.05) is 13.1 Å². The van der Waals surface area contributed by atoms with E-state index in [9.17, 15) is 23.6 Å². The number of hydrogen-bond donors (Lipinski definition) is 2. The second-order valence-electron chi connectivity index (χ2n) is 3.48. The van der Waals surface area contributed by atoms with E-state index in [1.54, 1.807) is 0 Å². The predicted octanol–water partition coefficient (Wildman–Crippen LogP) is 0.215. The molecular formula is C7H10F2N2O4. The van der Waals surface area contributed by atoms with Crippen LogP contribution in [0.25, 0.3) is 0 Å². The van der Waals surface area contributed by atoms with Gasteiger partial charge in [0.2, 0.25) is 0 Å². The van der Waals surface area contributed by atoms with Crippen LogP contribution in [0.4, 0.5) is 8.78 Å². The first-order chi connectivity index (χ1) is 6.83. The van der Waals surface area contributed by atoms with Gasteiger partial charge < -0.3 is 10.2 Å². The van der Waals surface area contributed by atoms with Gasteiger partial charge in [-0.25, -0.2) is 4.79 Å². The topological polar surface area (TPSA) is 90.2 Å². The highest BCUT2D eigenvalue weighted by Gasteiger charge is 2.60. The van der Waals surface area contributed by atoms with Gasteiger partial charge in [0.1, 0.15) is 0 Å². The van der Waals surface area contributed by atoms with Crippen molar-refractivity contribution in [1.82, 2.24) is 5.01 Å². The lowest BCUT2D eigenvalue weighted by Crippen LogP contribution is -2.60. The Bertz CT molecular complexity index is 286. The molecule has 1 fully saturated rings. The van der Waals surface area contributed by atoms with Gasteiger partial charge >= 0.3 is 11.9 Å². The van der Waals surface area contributed by atoms with Crippen molar-refractivity contribution in [3.8, 4) is 0 Å². The molecule has 0 amide bonds. The number of nitroso groups, excluding NO2 is 1. The molecule has 0 aromatic carbocycles. The Morgan fingerprint density at radius 2 is 2.13 bits per heavy atom. The van der Waals surface area contributed by atoms with Gasteiger partial charge in [0, 0.05) is 6.54 Å². The number of nitrogens with zero attached hydrogens (tertiary/aromatic N) is 2. The first-order valence-corrected chi connectivity index (χ1v) is 4.25. The minimum atomic E-state index is -4.28. The molecule has 1 aliphatic rings. The van der Waals surface area contributed by atoms with Gasteiger partial charge in [0.05, 0.1) is 11.8 Å². The number of carboxylic acid groups (broad SMARTS) is 1. The Balaban J connectivity index is 2.90. The summed E-state index contributed by atoms with van der Waals surface area (Å²) in [6.45, 7) is -0.628. The molecule has 1 heterocycles. The summed E-state index contributed by atoms with van der Waals surface area (Å²) in [6, 6.07) is 0. The smallest absolute Gasteiger partial charge is 0.377 e. The molecule has 1 aliphatic heterocycles. The Kier molecular flexibility index (Phi) is 2.89. The molecule has 0 aromatic heterocycles. The molecule has 0 spiro atoms. The summed E-state index contributed by atoms with van der Waals surface area (Å²) in [7, 11) is 0. The van der Waals surface area contributed by atoms with Crippen LogP contribution in [0.5, 0.6) is 0 Å². The van der Waals surface area contributed by atoms with Gasteiger partial charge in [-0.15, -0.1) is 4.91 Å². The van der Waals surface area contributed by atoms with E-state index in [1.807, 2.05) is 0 Å². The average Bonchev–Trinajstić information content (AvgIpc) is 2.17. The SMILES string of the molecule is O=NN1CCCC(O)(C(F)(F)C(=O)O)C1. The van der Waals surface area contributed by atoms with E-state index in [0.29, 0.717) is 5.01 Å². The van der Waals surface area contributed by atoms with Crippen LogP contribution in [0.2, 0.25) is 0 Å². The van der Waals surface area contributed by atoms with E-state index < -0.39 is 24.0 Å². The van der Waals surface area contributed by atoms with Crippen molar-refractivity contribution in [2.24, 2.45) is 5.29 Å². The van der Waals surface area contributed by atoms with Gasteiger partial charge in [0.15, 0.2) is 5.60 Å². The molecule has 15 heavy (non-hydrogen) atoms. The quantitative estimate of drug-likeness (QED) is 0.669. The molecule has 0 saturated carbocycles. The van der Waals surface area contributed by atoms with Gasteiger partial charge in [-0.05, 0) is 12.8 Å². The molecule has 1 saturated heterocycles. The van der Waals surface area contributed by atoms with Crippen LogP contribution in [0.15, 0.2) is 5.29 Å². The maximum atomic E-state index is 13.1. The van der Waals surface area contributed by atoms with Gasteiger partial charge in [-0.3, -0.25) is 5.01 Å². The zero-order valence-electron chi connectivity index (χ0n) is 7.69. The van der Waals surface area contributed by atoms with Crippen LogP contribution >= 0.6 is 0 Å². The maximum absolute atomic E-state index is 13.1. The second kappa shape index (κ2) is 3.69. The number of aliphatic carboxylic acids is 1. The number of alkyl halides is 2. The molecule has 0 bridgehead atoms. The summed E-state index contributed by atoms with van der Waals surface area (Å²) >= 11 is 0. The highest BCUT2D eigenvalue weighted by Crippen LogP contribution is 2.36. The highest BCUT2D eigenvalue weighted by atomic mass is 19.3. The molecule has 1 atom stereocenters. The number of carbonyl (C=O) groups is 1. The number of rotatable bonds is 3. The summed E-state index contributed by atoms with van der Waals surface area (Å²) < 4.78 is 26.2. The number of aliphatic hydroxyl groups is 1. The monoisotopic (exact) mass is 224 g/mol. The van der Waals surface area contributed by atoms with E-state index in [0.717, 1.165) is 0 Å². The summed E-state index contributed by atoms with van der Waals surface area (Å²) in [4.78, 5) is 20.4. The fourth-order valence-corrected chi connectivity index (χ4v) is 1.54. The third-order valence-electron chi connectivity index (χ3n) is 2.42. The highest BCUT2D eigenvalue weighted by molar-refractivity contribution is 5.77. The van der Waals surface area contributed by atoms with Crippen molar-refractivity contribution >= 4 is 5.97 Å². The number of β-amino-alcohol motifs (C(OH)–C–C–N with tert-alkyl or cyclic N) is 1. The number of hydrogen-bond acceptors (Lipinski definition) is 4. The number of halogens is 2. The summed E-state index contributed by atoms with van der Waals surface area (Å²) in [6.07, 6.45) is -0.288. The minimum absolute atomic E-state index is 0.0884. The van der Waals surface area contributed by atoms with Crippen molar-refractivity contribution in [1.29, 1.82) is 0 Å². The van der Waals surface area contributed by atoms with Crippen LogP contribution in [0.3, 0.4) is 0 Å². The molecule has 1 rings (SSSR count). The maximum Gasteiger partial charge on any atom is 0.377 e. The third-order valence-corrected chi connectivity index (χ3v) is 2.42. The predicted molar refractivity (Wildman–Crippen MR) is 44.1 cm³/mol. The number of carboxylic acids is 1. The summed E-state index contributed by atoms with van der Waals surface area (Å²) in [5.74, 6) is -6.69. The van der Waals surface area contributed by atoms with Crippen molar-refractivity contribution in [3.63, 3.8) is 0 Å². The van der Waals surface area contributed by atoms with Gasteiger partial charge in [-0.2, -0.15) is 8.78 Å². The fraction of sp³-hybridized carbons (Fsp3) is 0.857. The Hall–Kier alpha value is -1.31. The zero-order valence-corrected chi connectivity index (χ0v) is 7.69. The summed E-state index contributed by atoms with van der Waals surface area (Å²) in [5.41, 5.74) is -2.73. The van der Waals surface area contributed by atoms with Crippen molar-refractivity contribution in [2.45, 2.75) is 24.4 Å². The lowest BCUT2D eigenvalue weighted by Gasteiger charge is -2.39. The first-order valence-electron chi connectivity index (χ1n) is 4.25. The fourth-order valence-electron chi connectivity index (χ4n) is 1.54. The molecule has 86 valence electrons. The lowest BCUT2D eigenvalue weighted by atomic mass is 9.87. The second-order valence-corrected chi connectivity index (χ2v) is 3.48. The van der Waals surface area contributed by atoms with Crippen LogP contribution in [-0.4, -0.2) is 45.8 Å². The summed E-state index contributed by atoms with van der Waals surface area (Å²) in [5, 5.41) is 20.9. The molecule has 0 radical (unpaired) electrons. The third kappa shape index (κ3) is 1.89. The van der Waals surface area contributed by atoms with Gasteiger partial charge in [0.25, 0.3) is 0 Å². The normalized spacial score (nSPS) is 27.5. The molecule has 8 heteroatoms. The Morgan fingerprint density at radius 1 is 1.53 bits per heavy atom. The standard InChI is InChI=1S/C7H10F2N2O4/c8-7(9,5(12)13)6(14)2-1-3-11(4-6)10-15/h14H,1-4H2,(H,12,13). The molecule has 1 unspecified atom stereocenters. The molecule has 0 aromatic rings. The average molecular weight is 224 g/mol. The largest absolute Gasteiger partial charge is 0.477 e. The zero-order chi connectivity index (χ0) is 11.7. The van der Waals surface area contributed by atoms with Crippen LogP contribution < -0.4 is 0 Å². The van der Waals surface area contributed by atoms with Crippen molar-refractivity contribution in [3.05, 3.63) is 4.91 Å². The van der Waals surface area contributed by atoms with Crippen LogP contribution in [0.1, 0.15) is 12.8 Å². The van der Waals surface area contributed by atoms with E-state index in [-0.39, 0.29) is 19.4 Å². The number of piperidine rings is 1. The minimum Gasteiger partial charge on any atom is -0.477 e. The van der Waals surface area contributed by atoms with E-state index in [1.165, 1.54) is 0 Å². The van der Waals surface area contributed by atoms with E-state index in [2.05, 4.69) is 5.29 Å². The van der Waals surface area contributed by atoms with E-state index >= 15 is 0 Å². The molecule has 6 nitrogen and oxygen atoms in total.